The minimum Gasteiger partial charge on any atom is -0.331 e. The van der Waals surface area contributed by atoms with Crippen LogP contribution in [-0.4, -0.2) is 27.1 Å². The van der Waals surface area contributed by atoms with E-state index in [1.54, 1.807) is 13.0 Å². The summed E-state index contributed by atoms with van der Waals surface area (Å²) in [7, 11) is 0. The second-order valence-electron chi connectivity index (χ2n) is 6.00. The molecule has 0 aliphatic heterocycles. The van der Waals surface area contributed by atoms with E-state index >= 15 is 0 Å². The number of carbonyl (C=O) groups is 2. The fourth-order valence-electron chi connectivity index (χ4n) is 2.73. The Balaban J connectivity index is 1.74. The number of pyridine rings is 1. The Morgan fingerprint density at radius 1 is 1.15 bits per heavy atom. The van der Waals surface area contributed by atoms with Gasteiger partial charge in [0, 0.05) is 13.0 Å². The van der Waals surface area contributed by atoms with E-state index in [0.717, 1.165) is 5.56 Å². The number of fused-ring (bicyclic) bond motifs is 1. The third kappa shape index (κ3) is 3.80. The van der Waals surface area contributed by atoms with Gasteiger partial charge in [-0.3, -0.25) is 15.2 Å². The molecular formula is C18H20N6O2. The molecule has 1 unspecified atom stereocenters. The minimum absolute atomic E-state index is 0.139. The summed E-state index contributed by atoms with van der Waals surface area (Å²) in [6, 6.07) is 10.9. The number of carbonyl (C=O) groups excluding carboxylic acids is 2. The zero-order chi connectivity index (χ0) is 18.7. The number of hydrogen-bond donors (Lipinski definition) is 4. The average molecular weight is 352 g/mol. The first-order valence-corrected chi connectivity index (χ1v) is 8.20. The molecule has 0 radical (unpaired) electrons. The van der Waals surface area contributed by atoms with Crippen molar-refractivity contribution in [3.05, 3.63) is 47.7 Å². The molecule has 3 aromatic rings. The van der Waals surface area contributed by atoms with Gasteiger partial charge in [-0.05, 0) is 19.4 Å². The number of hydrogen-bond acceptors (Lipinski definition) is 4. The van der Waals surface area contributed by atoms with Crippen LogP contribution in [0.5, 0.6) is 0 Å². The van der Waals surface area contributed by atoms with Crippen LogP contribution < -0.4 is 16.0 Å². The molecule has 134 valence electrons. The van der Waals surface area contributed by atoms with Crippen LogP contribution in [0.1, 0.15) is 31.1 Å². The van der Waals surface area contributed by atoms with Crippen LogP contribution in [0.2, 0.25) is 0 Å². The van der Waals surface area contributed by atoms with E-state index in [9.17, 15) is 9.59 Å². The normalized spacial score (nSPS) is 11.8. The number of benzene rings is 1. The molecule has 3 amide bonds. The monoisotopic (exact) mass is 352 g/mol. The molecule has 8 nitrogen and oxygen atoms in total. The topological polar surface area (TPSA) is 112 Å². The van der Waals surface area contributed by atoms with Gasteiger partial charge in [-0.25, -0.2) is 9.78 Å². The predicted molar refractivity (Wildman–Crippen MR) is 99.9 cm³/mol. The number of rotatable bonds is 4. The first-order chi connectivity index (χ1) is 12.4. The van der Waals surface area contributed by atoms with E-state index in [1.165, 1.54) is 6.92 Å². The van der Waals surface area contributed by atoms with Crippen LogP contribution in [0.3, 0.4) is 0 Å². The summed E-state index contributed by atoms with van der Waals surface area (Å²) in [5.41, 5.74) is 2.33. The summed E-state index contributed by atoms with van der Waals surface area (Å²) in [6.07, 6.45) is 0. The second-order valence-corrected chi connectivity index (χ2v) is 6.00. The standard InChI is InChI=1S/C18H20N6O2/c1-10(13-7-5-4-6-8-13)20-18(26)22-15-9-14-16(11(2)19-15)17(24-23-14)21-12(3)25/h4-10H,1-3H3,(H2,19,20,22,26)(H2,21,23,24,25). The van der Waals surface area contributed by atoms with Gasteiger partial charge in [-0.15, -0.1) is 0 Å². The third-order valence-electron chi connectivity index (χ3n) is 3.91. The molecule has 1 aromatic carbocycles. The highest BCUT2D eigenvalue weighted by Gasteiger charge is 2.14. The van der Waals surface area contributed by atoms with Crippen molar-refractivity contribution >= 4 is 34.5 Å². The number of H-pyrrole nitrogens is 1. The van der Waals surface area contributed by atoms with Gasteiger partial charge in [0.2, 0.25) is 5.91 Å². The highest BCUT2D eigenvalue weighted by Crippen LogP contribution is 2.25. The lowest BCUT2D eigenvalue weighted by atomic mass is 10.1. The average Bonchev–Trinajstić information content (AvgIpc) is 2.98. The zero-order valence-corrected chi connectivity index (χ0v) is 14.8. The lowest BCUT2D eigenvalue weighted by Crippen LogP contribution is -2.31. The summed E-state index contributed by atoms with van der Waals surface area (Å²) in [6.45, 7) is 5.11. The van der Waals surface area contributed by atoms with Gasteiger partial charge in [0.1, 0.15) is 5.82 Å². The Kier molecular flexibility index (Phi) is 4.83. The molecule has 0 bridgehead atoms. The lowest BCUT2D eigenvalue weighted by Gasteiger charge is -2.15. The molecule has 2 heterocycles. The van der Waals surface area contributed by atoms with Crippen LogP contribution in [0.25, 0.3) is 10.9 Å². The van der Waals surface area contributed by atoms with E-state index < -0.39 is 0 Å². The van der Waals surface area contributed by atoms with Crippen molar-refractivity contribution in [3.8, 4) is 0 Å². The summed E-state index contributed by atoms with van der Waals surface area (Å²) in [4.78, 5) is 27.9. The molecule has 0 fully saturated rings. The summed E-state index contributed by atoms with van der Waals surface area (Å²) in [5.74, 6) is 0.603. The minimum atomic E-state index is -0.353. The fraction of sp³-hybridized carbons (Fsp3) is 0.222. The quantitative estimate of drug-likeness (QED) is 0.578. The van der Waals surface area contributed by atoms with Crippen LogP contribution in [0.4, 0.5) is 16.4 Å². The van der Waals surface area contributed by atoms with Gasteiger partial charge < -0.3 is 10.6 Å². The van der Waals surface area contributed by atoms with Crippen LogP contribution >= 0.6 is 0 Å². The summed E-state index contributed by atoms with van der Waals surface area (Å²) in [5, 5.41) is 15.9. The number of aryl methyl sites for hydroxylation is 1. The Morgan fingerprint density at radius 2 is 1.88 bits per heavy atom. The van der Waals surface area contributed by atoms with Gasteiger partial charge in [0.15, 0.2) is 5.82 Å². The summed E-state index contributed by atoms with van der Waals surface area (Å²) >= 11 is 0. The van der Waals surface area contributed by atoms with Crippen LogP contribution in [0.15, 0.2) is 36.4 Å². The fourth-order valence-corrected chi connectivity index (χ4v) is 2.73. The van der Waals surface area contributed by atoms with Crippen molar-refractivity contribution in [2.75, 3.05) is 10.6 Å². The molecule has 4 N–H and O–H groups in total. The van der Waals surface area contributed by atoms with Crippen molar-refractivity contribution in [3.63, 3.8) is 0 Å². The number of aromatic nitrogens is 3. The molecule has 8 heteroatoms. The Hall–Kier alpha value is -3.42. The van der Waals surface area contributed by atoms with Crippen molar-refractivity contribution < 1.29 is 9.59 Å². The van der Waals surface area contributed by atoms with Crippen molar-refractivity contribution in [1.82, 2.24) is 20.5 Å². The molecule has 0 saturated carbocycles. The zero-order valence-electron chi connectivity index (χ0n) is 14.8. The molecular weight excluding hydrogens is 332 g/mol. The van der Waals surface area contributed by atoms with Crippen LogP contribution in [-0.2, 0) is 4.79 Å². The number of amides is 3. The van der Waals surface area contributed by atoms with E-state index in [4.69, 9.17) is 0 Å². The SMILES string of the molecule is CC(=O)Nc1n[nH]c2cc(NC(=O)NC(C)c3ccccc3)nc(C)c12. The highest BCUT2D eigenvalue weighted by atomic mass is 16.2. The molecule has 0 saturated heterocycles. The molecule has 3 rings (SSSR count). The first-order valence-electron chi connectivity index (χ1n) is 8.20. The predicted octanol–water partition coefficient (Wildman–Crippen LogP) is 3.11. The maximum Gasteiger partial charge on any atom is 0.320 e. The van der Waals surface area contributed by atoms with E-state index in [1.807, 2.05) is 37.3 Å². The van der Waals surface area contributed by atoms with Crippen molar-refractivity contribution in [2.24, 2.45) is 0 Å². The molecule has 0 aliphatic rings. The smallest absolute Gasteiger partial charge is 0.320 e. The number of anilines is 2. The van der Waals surface area contributed by atoms with Crippen molar-refractivity contribution in [2.45, 2.75) is 26.8 Å². The van der Waals surface area contributed by atoms with Gasteiger partial charge in [0.05, 0.1) is 22.6 Å². The first kappa shape index (κ1) is 17.4. The molecule has 0 spiro atoms. The van der Waals surface area contributed by atoms with Gasteiger partial charge in [-0.1, -0.05) is 30.3 Å². The van der Waals surface area contributed by atoms with Crippen molar-refractivity contribution in [1.29, 1.82) is 0 Å². The molecule has 26 heavy (non-hydrogen) atoms. The highest BCUT2D eigenvalue weighted by molar-refractivity contribution is 6.01. The van der Waals surface area contributed by atoms with Gasteiger partial charge >= 0.3 is 6.03 Å². The summed E-state index contributed by atoms with van der Waals surface area (Å²) < 4.78 is 0. The van der Waals surface area contributed by atoms with Crippen LogP contribution in [0, 0.1) is 6.92 Å². The number of nitrogens with one attached hydrogen (secondary N) is 4. The largest absolute Gasteiger partial charge is 0.331 e. The maximum atomic E-state index is 12.2. The Bertz CT molecular complexity index is 951. The molecule has 2 aromatic heterocycles. The second kappa shape index (κ2) is 7.22. The number of aromatic amines is 1. The Labute approximate surface area is 150 Å². The van der Waals surface area contributed by atoms with E-state index in [2.05, 4.69) is 31.1 Å². The third-order valence-corrected chi connectivity index (χ3v) is 3.91. The van der Waals surface area contributed by atoms with E-state index in [-0.39, 0.29) is 18.0 Å². The number of nitrogens with zero attached hydrogens (tertiary/aromatic N) is 2. The van der Waals surface area contributed by atoms with Gasteiger partial charge in [0.25, 0.3) is 0 Å². The van der Waals surface area contributed by atoms with Gasteiger partial charge in [-0.2, -0.15) is 5.10 Å². The Morgan fingerprint density at radius 3 is 2.58 bits per heavy atom. The van der Waals surface area contributed by atoms with E-state index in [0.29, 0.717) is 28.2 Å². The molecule has 1 atom stereocenters. The number of urea groups is 1. The lowest BCUT2D eigenvalue weighted by molar-refractivity contribution is -0.114. The molecule has 0 aliphatic carbocycles. The maximum absolute atomic E-state index is 12.2.